The van der Waals surface area contributed by atoms with Gasteiger partial charge in [-0.3, -0.25) is 4.79 Å². The number of aliphatic hydroxyl groups excluding tert-OH is 1. The minimum atomic E-state index is -0.0613. The molecule has 0 atom stereocenters. The van der Waals surface area contributed by atoms with Gasteiger partial charge in [-0.15, -0.1) is 0 Å². The van der Waals surface area contributed by atoms with Gasteiger partial charge < -0.3 is 14.6 Å². The number of hydrogen-bond donors (Lipinski definition) is 1. The number of carbonyl (C=O) groups is 1. The number of nitrogens with zero attached hydrogens (tertiary/aromatic N) is 2. The summed E-state index contributed by atoms with van der Waals surface area (Å²) in [5, 5.41) is 9.94. The summed E-state index contributed by atoms with van der Waals surface area (Å²) < 4.78 is 1.61. The lowest BCUT2D eigenvalue weighted by atomic mass is 9.86. The van der Waals surface area contributed by atoms with Crippen LogP contribution < -0.4 is 0 Å². The summed E-state index contributed by atoms with van der Waals surface area (Å²) >= 11 is 12.0. The van der Waals surface area contributed by atoms with Crippen LogP contribution in [-0.4, -0.2) is 40.2 Å². The van der Waals surface area contributed by atoms with E-state index in [0.29, 0.717) is 21.8 Å². The minimum Gasteiger partial charge on any atom is -0.396 e. The molecule has 2 rings (SSSR count). The number of aromatic nitrogens is 1. The van der Waals surface area contributed by atoms with Crippen LogP contribution in [0.25, 0.3) is 0 Å². The van der Waals surface area contributed by atoms with Crippen molar-refractivity contribution in [1.29, 1.82) is 0 Å². The van der Waals surface area contributed by atoms with Crippen molar-refractivity contribution in [3.8, 4) is 0 Å². The van der Waals surface area contributed by atoms with Gasteiger partial charge in [-0.2, -0.15) is 0 Å². The van der Waals surface area contributed by atoms with Gasteiger partial charge in [-0.1, -0.05) is 23.2 Å². The van der Waals surface area contributed by atoms with Crippen LogP contribution in [0.15, 0.2) is 6.07 Å². The van der Waals surface area contributed by atoms with Crippen LogP contribution in [0.2, 0.25) is 10.2 Å². The minimum absolute atomic E-state index is 0.0613. The Bertz CT molecular complexity index is 494. The standard InChI is InChI=1S/C14H20Cl2N2O2/c1-17(10-5-3-9(8-19)4-6-10)14(20)12-7-11(15)13(16)18(12)2/h7,9-10,19H,3-6,8H2,1-2H3. The molecule has 0 saturated heterocycles. The normalized spacial score (nSPS) is 22.9. The highest BCUT2D eigenvalue weighted by molar-refractivity contribution is 6.41. The van der Waals surface area contributed by atoms with Gasteiger partial charge in [0, 0.05) is 26.7 Å². The third-order valence-corrected chi connectivity index (χ3v) is 5.12. The predicted octanol–water partition coefficient (Wildman–Crippen LogP) is 2.96. The monoisotopic (exact) mass is 318 g/mol. The lowest BCUT2D eigenvalue weighted by molar-refractivity contribution is 0.0643. The van der Waals surface area contributed by atoms with E-state index >= 15 is 0 Å². The molecule has 1 aliphatic carbocycles. The zero-order chi connectivity index (χ0) is 14.9. The number of carbonyl (C=O) groups excluding carboxylic acids is 1. The molecule has 4 nitrogen and oxygen atoms in total. The average molecular weight is 319 g/mol. The molecule has 0 aromatic carbocycles. The van der Waals surface area contributed by atoms with Gasteiger partial charge in [0.15, 0.2) is 0 Å². The lowest BCUT2D eigenvalue weighted by Gasteiger charge is -2.34. The fraction of sp³-hybridized carbons (Fsp3) is 0.643. The smallest absolute Gasteiger partial charge is 0.270 e. The van der Waals surface area contributed by atoms with E-state index in [4.69, 9.17) is 28.3 Å². The second-order valence-corrected chi connectivity index (χ2v) is 6.27. The number of hydrogen-bond acceptors (Lipinski definition) is 2. The quantitative estimate of drug-likeness (QED) is 0.931. The number of rotatable bonds is 3. The van der Waals surface area contributed by atoms with Crippen molar-refractivity contribution in [3.63, 3.8) is 0 Å². The molecule has 1 amide bonds. The molecule has 1 N–H and O–H groups in total. The van der Waals surface area contributed by atoms with Crippen molar-refractivity contribution in [3.05, 3.63) is 21.9 Å². The van der Waals surface area contributed by atoms with Crippen molar-refractivity contribution >= 4 is 29.1 Å². The van der Waals surface area contributed by atoms with Crippen LogP contribution >= 0.6 is 23.2 Å². The second-order valence-electron chi connectivity index (χ2n) is 5.50. The molecular weight excluding hydrogens is 299 g/mol. The number of halogens is 2. The van der Waals surface area contributed by atoms with Crippen molar-refractivity contribution in [2.45, 2.75) is 31.7 Å². The van der Waals surface area contributed by atoms with Gasteiger partial charge in [-0.05, 0) is 37.7 Å². The Hall–Kier alpha value is -0.710. The highest BCUT2D eigenvalue weighted by atomic mass is 35.5. The zero-order valence-electron chi connectivity index (χ0n) is 11.8. The van der Waals surface area contributed by atoms with E-state index in [1.807, 2.05) is 7.05 Å². The van der Waals surface area contributed by atoms with Crippen molar-refractivity contribution in [2.24, 2.45) is 13.0 Å². The Morgan fingerprint density at radius 3 is 2.45 bits per heavy atom. The number of aliphatic hydroxyl groups is 1. The molecule has 1 aromatic heterocycles. The first-order valence-electron chi connectivity index (χ1n) is 6.84. The van der Waals surface area contributed by atoms with E-state index in [1.54, 1.807) is 22.6 Å². The van der Waals surface area contributed by atoms with Gasteiger partial charge in [0.05, 0.1) is 5.02 Å². The van der Waals surface area contributed by atoms with Crippen LogP contribution in [0.4, 0.5) is 0 Å². The van der Waals surface area contributed by atoms with Gasteiger partial charge in [-0.25, -0.2) is 0 Å². The molecule has 1 saturated carbocycles. The second kappa shape index (κ2) is 6.37. The molecule has 6 heteroatoms. The highest BCUT2D eigenvalue weighted by Gasteiger charge is 2.28. The molecule has 20 heavy (non-hydrogen) atoms. The van der Waals surface area contributed by atoms with Gasteiger partial charge >= 0.3 is 0 Å². The summed E-state index contributed by atoms with van der Waals surface area (Å²) in [4.78, 5) is 14.3. The molecule has 112 valence electrons. The average Bonchev–Trinajstić information content (AvgIpc) is 2.73. The lowest BCUT2D eigenvalue weighted by Crippen LogP contribution is -2.40. The topological polar surface area (TPSA) is 45.5 Å². The Morgan fingerprint density at radius 2 is 2.00 bits per heavy atom. The first-order valence-corrected chi connectivity index (χ1v) is 7.60. The van der Waals surface area contributed by atoms with Gasteiger partial charge in [0.25, 0.3) is 5.91 Å². The summed E-state index contributed by atoms with van der Waals surface area (Å²) in [6.07, 6.45) is 3.79. The molecule has 1 aliphatic rings. The Kier molecular flexibility index (Phi) is 4.99. The maximum atomic E-state index is 12.5. The SMILES string of the molecule is CN(C(=O)c1cc(Cl)c(Cl)n1C)C1CCC(CO)CC1. The molecule has 0 spiro atoms. The van der Waals surface area contributed by atoms with E-state index in [0.717, 1.165) is 25.7 Å². The first-order chi connectivity index (χ1) is 9.45. The molecule has 0 aliphatic heterocycles. The van der Waals surface area contributed by atoms with Crippen molar-refractivity contribution in [1.82, 2.24) is 9.47 Å². The van der Waals surface area contributed by atoms with E-state index in [2.05, 4.69) is 0 Å². The Labute approximate surface area is 129 Å². The van der Waals surface area contributed by atoms with Crippen LogP contribution in [0.5, 0.6) is 0 Å². The third-order valence-electron chi connectivity index (χ3n) is 4.28. The van der Waals surface area contributed by atoms with Crippen LogP contribution in [0.3, 0.4) is 0 Å². The zero-order valence-corrected chi connectivity index (χ0v) is 13.3. The fourth-order valence-electron chi connectivity index (χ4n) is 2.81. The molecule has 1 heterocycles. The first kappa shape index (κ1) is 15.7. The molecule has 0 unspecified atom stereocenters. The summed E-state index contributed by atoms with van der Waals surface area (Å²) in [5.74, 6) is 0.322. The van der Waals surface area contributed by atoms with E-state index in [1.165, 1.54) is 0 Å². The molecular formula is C14H20Cl2N2O2. The highest BCUT2D eigenvalue weighted by Crippen LogP contribution is 2.29. The largest absolute Gasteiger partial charge is 0.396 e. The van der Waals surface area contributed by atoms with E-state index in [-0.39, 0.29) is 18.6 Å². The van der Waals surface area contributed by atoms with Crippen LogP contribution in [0.1, 0.15) is 36.2 Å². The Balaban J connectivity index is 2.07. The maximum absolute atomic E-state index is 12.5. The van der Waals surface area contributed by atoms with Crippen molar-refractivity contribution < 1.29 is 9.90 Å². The van der Waals surface area contributed by atoms with E-state index in [9.17, 15) is 4.79 Å². The van der Waals surface area contributed by atoms with E-state index < -0.39 is 0 Å². The summed E-state index contributed by atoms with van der Waals surface area (Å²) in [6, 6.07) is 1.83. The Morgan fingerprint density at radius 1 is 1.40 bits per heavy atom. The van der Waals surface area contributed by atoms with Crippen LogP contribution in [0, 0.1) is 5.92 Å². The van der Waals surface area contributed by atoms with Crippen LogP contribution in [-0.2, 0) is 7.05 Å². The van der Waals surface area contributed by atoms with Gasteiger partial charge in [0.1, 0.15) is 10.8 Å². The summed E-state index contributed by atoms with van der Waals surface area (Å²) in [6.45, 7) is 0.243. The molecule has 1 aromatic rings. The predicted molar refractivity (Wildman–Crippen MR) is 80.4 cm³/mol. The third kappa shape index (κ3) is 2.97. The fourth-order valence-corrected chi connectivity index (χ4v) is 3.18. The summed E-state index contributed by atoms with van der Waals surface area (Å²) in [7, 11) is 3.55. The number of amides is 1. The molecule has 0 bridgehead atoms. The maximum Gasteiger partial charge on any atom is 0.270 e. The molecule has 0 radical (unpaired) electrons. The summed E-state index contributed by atoms with van der Waals surface area (Å²) in [5.41, 5.74) is 0.506. The van der Waals surface area contributed by atoms with Gasteiger partial charge in [0.2, 0.25) is 0 Å². The van der Waals surface area contributed by atoms with Crippen molar-refractivity contribution in [2.75, 3.05) is 13.7 Å². The molecule has 1 fully saturated rings.